The first kappa shape index (κ1) is 13.6. The summed E-state index contributed by atoms with van der Waals surface area (Å²) in [5, 5.41) is 3.83. The topological polar surface area (TPSA) is 21.3 Å². The van der Waals surface area contributed by atoms with Crippen molar-refractivity contribution in [2.24, 2.45) is 0 Å². The van der Waals surface area contributed by atoms with Gasteiger partial charge in [0.1, 0.15) is 11.5 Å². The van der Waals surface area contributed by atoms with E-state index in [1.165, 1.54) is 0 Å². The summed E-state index contributed by atoms with van der Waals surface area (Å²) in [5.41, 5.74) is 1.05. The van der Waals surface area contributed by atoms with E-state index < -0.39 is 0 Å². The number of halogens is 2. The molecule has 1 N–H and O–H groups in total. The molecule has 0 radical (unpaired) electrons. The normalized spacial score (nSPS) is 10.4. The lowest BCUT2D eigenvalue weighted by Gasteiger charge is -2.11. The summed E-state index contributed by atoms with van der Waals surface area (Å²) < 4.78 is 7.04. The molecule has 0 saturated carbocycles. The standard InChI is InChI=1S/C14H13ClINO/c1-17-9-10-7-11(15)5-6-14(10)18-13-4-2-3-12(16)8-13/h2-8,17H,9H2,1H3. The Hall–Kier alpha value is -0.780. The Balaban J connectivity index is 2.28. The summed E-state index contributed by atoms with van der Waals surface area (Å²) in [6, 6.07) is 13.6. The molecule has 2 nitrogen and oxygen atoms in total. The minimum atomic E-state index is 0.718. The Labute approximate surface area is 125 Å². The van der Waals surface area contributed by atoms with Crippen molar-refractivity contribution in [1.29, 1.82) is 0 Å². The highest BCUT2D eigenvalue weighted by atomic mass is 127. The summed E-state index contributed by atoms with van der Waals surface area (Å²) in [6.45, 7) is 0.722. The maximum Gasteiger partial charge on any atom is 0.132 e. The van der Waals surface area contributed by atoms with E-state index in [1.807, 2.05) is 49.5 Å². The molecule has 0 spiro atoms. The van der Waals surface area contributed by atoms with Crippen LogP contribution in [0.3, 0.4) is 0 Å². The molecule has 0 aliphatic carbocycles. The summed E-state index contributed by atoms with van der Waals surface area (Å²) in [5.74, 6) is 1.66. The fourth-order valence-electron chi connectivity index (χ4n) is 1.63. The molecule has 0 bridgehead atoms. The van der Waals surface area contributed by atoms with Crippen molar-refractivity contribution in [2.45, 2.75) is 6.54 Å². The van der Waals surface area contributed by atoms with Crippen LogP contribution in [-0.4, -0.2) is 7.05 Å². The molecule has 94 valence electrons. The Morgan fingerprint density at radius 2 is 2.06 bits per heavy atom. The van der Waals surface area contributed by atoms with Crippen LogP contribution in [0.2, 0.25) is 5.02 Å². The van der Waals surface area contributed by atoms with E-state index >= 15 is 0 Å². The Morgan fingerprint density at radius 3 is 2.78 bits per heavy atom. The summed E-state index contributed by atoms with van der Waals surface area (Å²) in [6.07, 6.45) is 0. The maximum atomic E-state index is 6.00. The van der Waals surface area contributed by atoms with Gasteiger partial charge >= 0.3 is 0 Å². The lowest BCUT2D eigenvalue weighted by molar-refractivity contribution is 0.474. The average Bonchev–Trinajstić information content (AvgIpc) is 2.33. The molecule has 0 saturated heterocycles. The SMILES string of the molecule is CNCc1cc(Cl)ccc1Oc1cccc(I)c1. The Bertz CT molecular complexity index is 545. The zero-order valence-corrected chi connectivity index (χ0v) is 12.8. The molecule has 18 heavy (non-hydrogen) atoms. The third-order valence-electron chi connectivity index (χ3n) is 2.41. The fraction of sp³-hybridized carbons (Fsp3) is 0.143. The van der Waals surface area contributed by atoms with Gasteiger partial charge in [-0.2, -0.15) is 0 Å². The minimum absolute atomic E-state index is 0.718. The molecule has 0 aromatic heterocycles. The molecule has 2 aromatic rings. The van der Waals surface area contributed by atoms with Crippen LogP contribution >= 0.6 is 34.2 Å². The first-order chi connectivity index (χ1) is 8.69. The molecular formula is C14H13ClINO. The highest BCUT2D eigenvalue weighted by Gasteiger charge is 2.05. The van der Waals surface area contributed by atoms with Gasteiger partial charge in [-0.1, -0.05) is 17.7 Å². The molecule has 2 aromatic carbocycles. The van der Waals surface area contributed by atoms with Crippen molar-refractivity contribution in [3.8, 4) is 11.5 Å². The molecule has 0 aliphatic rings. The lowest BCUT2D eigenvalue weighted by Crippen LogP contribution is -2.06. The second-order valence-corrected chi connectivity index (χ2v) is 5.52. The van der Waals surface area contributed by atoms with Gasteiger partial charge in [0.25, 0.3) is 0 Å². The minimum Gasteiger partial charge on any atom is -0.457 e. The number of hydrogen-bond donors (Lipinski definition) is 1. The number of nitrogens with one attached hydrogen (secondary N) is 1. The van der Waals surface area contributed by atoms with E-state index in [2.05, 4.69) is 27.9 Å². The third kappa shape index (κ3) is 3.60. The predicted molar refractivity (Wildman–Crippen MR) is 83.4 cm³/mol. The highest BCUT2D eigenvalue weighted by Crippen LogP contribution is 2.28. The number of rotatable bonds is 4. The zero-order valence-electron chi connectivity index (χ0n) is 9.91. The van der Waals surface area contributed by atoms with Crippen LogP contribution in [0.25, 0.3) is 0 Å². The van der Waals surface area contributed by atoms with Crippen LogP contribution in [0.4, 0.5) is 0 Å². The van der Waals surface area contributed by atoms with Crippen LogP contribution in [-0.2, 0) is 6.54 Å². The number of hydrogen-bond acceptors (Lipinski definition) is 2. The number of benzene rings is 2. The van der Waals surface area contributed by atoms with Gasteiger partial charge in [0.2, 0.25) is 0 Å². The van der Waals surface area contributed by atoms with Gasteiger partial charge < -0.3 is 10.1 Å². The Kier molecular flexibility index (Phi) is 4.86. The van der Waals surface area contributed by atoms with Gasteiger partial charge in [-0.3, -0.25) is 0 Å². The van der Waals surface area contributed by atoms with E-state index in [-0.39, 0.29) is 0 Å². The zero-order chi connectivity index (χ0) is 13.0. The van der Waals surface area contributed by atoms with Crippen LogP contribution in [0, 0.1) is 3.57 Å². The van der Waals surface area contributed by atoms with Crippen LogP contribution in [0.15, 0.2) is 42.5 Å². The summed E-state index contributed by atoms with van der Waals surface area (Å²) >= 11 is 8.26. The molecule has 0 heterocycles. The van der Waals surface area contributed by atoms with Gasteiger partial charge in [-0.25, -0.2) is 0 Å². The van der Waals surface area contributed by atoms with Crippen LogP contribution < -0.4 is 10.1 Å². The van der Waals surface area contributed by atoms with Crippen molar-refractivity contribution in [3.63, 3.8) is 0 Å². The first-order valence-corrected chi connectivity index (χ1v) is 7.01. The van der Waals surface area contributed by atoms with Gasteiger partial charge in [-0.15, -0.1) is 0 Å². The summed E-state index contributed by atoms with van der Waals surface area (Å²) in [7, 11) is 1.90. The largest absolute Gasteiger partial charge is 0.457 e. The van der Waals surface area contributed by atoms with E-state index in [4.69, 9.17) is 16.3 Å². The molecule has 0 unspecified atom stereocenters. The maximum absolute atomic E-state index is 6.00. The first-order valence-electron chi connectivity index (χ1n) is 5.55. The van der Waals surface area contributed by atoms with Gasteiger partial charge in [-0.05, 0) is 66.0 Å². The van der Waals surface area contributed by atoms with Crippen molar-refractivity contribution in [3.05, 3.63) is 56.6 Å². The van der Waals surface area contributed by atoms with E-state index in [1.54, 1.807) is 0 Å². The molecule has 0 aliphatic heterocycles. The predicted octanol–water partition coefficient (Wildman–Crippen LogP) is 4.46. The van der Waals surface area contributed by atoms with Crippen LogP contribution in [0.5, 0.6) is 11.5 Å². The fourth-order valence-corrected chi connectivity index (χ4v) is 2.34. The Morgan fingerprint density at radius 1 is 1.22 bits per heavy atom. The molecular weight excluding hydrogens is 361 g/mol. The second-order valence-electron chi connectivity index (χ2n) is 3.84. The van der Waals surface area contributed by atoms with Crippen LogP contribution in [0.1, 0.15) is 5.56 Å². The molecule has 0 fully saturated rings. The average molecular weight is 374 g/mol. The van der Waals surface area contributed by atoms with Crippen molar-refractivity contribution in [1.82, 2.24) is 5.32 Å². The highest BCUT2D eigenvalue weighted by molar-refractivity contribution is 14.1. The van der Waals surface area contributed by atoms with E-state index in [0.29, 0.717) is 0 Å². The molecule has 4 heteroatoms. The van der Waals surface area contributed by atoms with Crippen molar-refractivity contribution >= 4 is 34.2 Å². The van der Waals surface area contributed by atoms with E-state index in [0.717, 1.165) is 32.2 Å². The molecule has 2 rings (SSSR count). The smallest absolute Gasteiger partial charge is 0.132 e. The third-order valence-corrected chi connectivity index (χ3v) is 3.32. The molecule has 0 atom stereocenters. The number of ether oxygens (including phenoxy) is 1. The van der Waals surface area contributed by atoms with Crippen molar-refractivity contribution < 1.29 is 4.74 Å². The molecule has 0 amide bonds. The summed E-state index contributed by atoms with van der Waals surface area (Å²) in [4.78, 5) is 0. The second kappa shape index (κ2) is 6.41. The monoisotopic (exact) mass is 373 g/mol. The van der Waals surface area contributed by atoms with Gasteiger partial charge in [0.05, 0.1) is 0 Å². The van der Waals surface area contributed by atoms with Gasteiger partial charge in [0, 0.05) is 20.7 Å². The van der Waals surface area contributed by atoms with Gasteiger partial charge in [0.15, 0.2) is 0 Å². The lowest BCUT2D eigenvalue weighted by atomic mass is 10.2. The van der Waals surface area contributed by atoms with E-state index in [9.17, 15) is 0 Å². The quantitative estimate of drug-likeness (QED) is 0.799. The van der Waals surface area contributed by atoms with Crippen molar-refractivity contribution in [2.75, 3.05) is 7.05 Å².